The van der Waals surface area contributed by atoms with Crippen LogP contribution in [0.25, 0.3) is 0 Å². The molecule has 4 rings (SSSR count). The summed E-state index contributed by atoms with van der Waals surface area (Å²) in [6.07, 6.45) is 0.477. The standard InChI is InChI=1S/C22H20N2O4S/c1-22(2)11-15-20(29-16-9-4-3-8-14(16)24-15)18(26)17(22)19(27)21(28)23-12-6-5-7-13(25)10-12/h3-10,17,24-25H,11H2,1-2H3,(H,23,28)/t17-/m0/s1. The third-order valence-corrected chi connectivity index (χ3v) is 6.38. The number of hydrogen-bond donors (Lipinski definition) is 3. The van der Waals surface area contributed by atoms with Crippen LogP contribution in [0.4, 0.5) is 11.4 Å². The van der Waals surface area contributed by atoms with Crippen molar-refractivity contribution in [1.82, 2.24) is 0 Å². The number of allylic oxidation sites excluding steroid dienone is 2. The van der Waals surface area contributed by atoms with Crippen molar-refractivity contribution in [1.29, 1.82) is 0 Å². The highest BCUT2D eigenvalue weighted by Gasteiger charge is 2.49. The first kappa shape index (κ1) is 19.3. The number of fused-ring (bicyclic) bond motifs is 1. The Balaban J connectivity index is 1.61. The maximum Gasteiger partial charge on any atom is 0.292 e. The number of aromatic hydroxyl groups is 1. The Hall–Kier alpha value is -3.06. The predicted molar refractivity (Wildman–Crippen MR) is 112 cm³/mol. The zero-order valence-corrected chi connectivity index (χ0v) is 16.8. The number of hydrogen-bond acceptors (Lipinski definition) is 6. The molecule has 6 nitrogen and oxygen atoms in total. The first-order chi connectivity index (χ1) is 13.8. The third-order valence-electron chi connectivity index (χ3n) is 5.15. The second-order valence-electron chi connectivity index (χ2n) is 7.86. The minimum absolute atomic E-state index is 0.0255. The first-order valence-electron chi connectivity index (χ1n) is 9.22. The SMILES string of the molecule is CC1(C)CC2=C(Sc3ccccc3N2)C(=O)[C@H]1C(=O)C(=O)Nc1cccc(O)c1. The number of phenolic OH excluding ortho intramolecular Hbond substituents is 1. The molecule has 1 amide bonds. The van der Waals surface area contributed by atoms with Crippen LogP contribution in [0.15, 0.2) is 64.0 Å². The van der Waals surface area contributed by atoms with Gasteiger partial charge in [-0.1, -0.05) is 43.8 Å². The van der Waals surface area contributed by atoms with E-state index >= 15 is 0 Å². The smallest absolute Gasteiger partial charge is 0.292 e. The lowest BCUT2D eigenvalue weighted by Crippen LogP contribution is -2.46. The van der Waals surface area contributed by atoms with Gasteiger partial charge in [-0.3, -0.25) is 14.4 Å². The number of thioether (sulfide) groups is 1. The summed E-state index contributed by atoms with van der Waals surface area (Å²) in [6.45, 7) is 3.65. The van der Waals surface area contributed by atoms with E-state index < -0.39 is 23.0 Å². The van der Waals surface area contributed by atoms with E-state index in [1.165, 1.54) is 23.9 Å². The van der Waals surface area contributed by atoms with Crippen molar-refractivity contribution in [3.05, 3.63) is 59.1 Å². The van der Waals surface area contributed by atoms with Gasteiger partial charge in [0.1, 0.15) is 5.75 Å². The van der Waals surface area contributed by atoms with Crippen LogP contribution in [-0.2, 0) is 14.4 Å². The van der Waals surface area contributed by atoms with E-state index in [9.17, 15) is 19.5 Å². The molecular formula is C22H20N2O4S. The van der Waals surface area contributed by atoms with Gasteiger partial charge in [0.15, 0.2) is 5.78 Å². The van der Waals surface area contributed by atoms with E-state index in [4.69, 9.17) is 0 Å². The highest BCUT2D eigenvalue weighted by atomic mass is 32.2. The maximum atomic E-state index is 13.3. The molecule has 1 heterocycles. The summed E-state index contributed by atoms with van der Waals surface area (Å²) in [5.41, 5.74) is 1.31. The second-order valence-corrected chi connectivity index (χ2v) is 8.91. The quantitative estimate of drug-likeness (QED) is 0.526. The molecule has 29 heavy (non-hydrogen) atoms. The molecule has 148 valence electrons. The summed E-state index contributed by atoms with van der Waals surface area (Å²) in [4.78, 5) is 40.2. The van der Waals surface area contributed by atoms with Crippen molar-refractivity contribution < 1.29 is 19.5 Å². The average Bonchev–Trinajstić information content (AvgIpc) is 2.66. The number of ketones is 2. The number of carbonyl (C=O) groups is 3. The van der Waals surface area contributed by atoms with Crippen molar-refractivity contribution in [3.63, 3.8) is 0 Å². The van der Waals surface area contributed by atoms with E-state index in [2.05, 4.69) is 10.6 Å². The van der Waals surface area contributed by atoms with Crippen molar-refractivity contribution in [2.75, 3.05) is 10.6 Å². The van der Waals surface area contributed by atoms with Gasteiger partial charge in [-0.2, -0.15) is 0 Å². The van der Waals surface area contributed by atoms with E-state index in [0.29, 0.717) is 17.0 Å². The van der Waals surface area contributed by atoms with Gasteiger partial charge < -0.3 is 15.7 Å². The Labute approximate surface area is 172 Å². The molecule has 0 spiro atoms. The molecule has 0 saturated heterocycles. The molecule has 2 aromatic carbocycles. The minimum atomic E-state index is -1.07. The highest BCUT2D eigenvalue weighted by Crippen LogP contribution is 2.50. The fraction of sp³-hybridized carbons (Fsp3) is 0.227. The topological polar surface area (TPSA) is 95.5 Å². The summed E-state index contributed by atoms with van der Waals surface area (Å²) >= 11 is 1.34. The Morgan fingerprint density at radius 3 is 2.69 bits per heavy atom. The number of benzene rings is 2. The maximum absolute atomic E-state index is 13.3. The Morgan fingerprint density at radius 2 is 1.93 bits per heavy atom. The Bertz CT molecular complexity index is 1070. The lowest BCUT2D eigenvalue weighted by Gasteiger charge is -2.40. The fourth-order valence-electron chi connectivity index (χ4n) is 3.80. The van der Waals surface area contributed by atoms with Crippen LogP contribution in [0.2, 0.25) is 0 Å². The molecule has 2 aromatic rings. The molecule has 0 aromatic heterocycles. The van der Waals surface area contributed by atoms with Crippen LogP contribution in [0.5, 0.6) is 5.75 Å². The molecule has 2 aliphatic rings. The molecule has 0 fully saturated rings. The predicted octanol–water partition coefficient (Wildman–Crippen LogP) is 3.94. The molecule has 7 heteroatoms. The molecule has 0 radical (unpaired) electrons. The van der Waals surface area contributed by atoms with Gasteiger partial charge in [-0.05, 0) is 36.1 Å². The molecule has 1 atom stereocenters. The van der Waals surface area contributed by atoms with Crippen molar-refractivity contribution >= 4 is 40.6 Å². The van der Waals surface area contributed by atoms with Gasteiger partial charge in [-0.25, -0.2) is 0 Å². The van der Waals surface area contributed by atoms with Crippen molar-refractivity contribution in [2.45, 2.75) is 25.2 Å². The summed E-state index contributed by atoms with van der Waals surface area (Å²) < 4.78 is 0. The number of anilines is 2. The van der Waals surface area contributed by atoms with E-state index in [1.807, 2.05) is 38.1 Å². The van der Waals surface area contributed by atoms with Crippen molar-refractivity contribution in [3.8, 4) is 5.75 Å². The number of nitrogens with one attached hydrogen (secondary N) is 2. The van der Waals surface area contributed by atoms with Gasteiger partial charge in [0.2, 0.25) is 5.78 Å². The first-order valence-corrected chi connectivity index (χ1v) is 10.0. The number of rotatable bonds is 3. The normalized spacial score (nSPS) is 19.7. The van der Waals surface area contributed by atoms with Gasteiger partial charge in [0, 0.05) is 22.3 Å². The van der Waals surface area contributed by atoms with Crippen LogP contribution in [0, 0.1) is 11.3 Å². The zero-order chi connectivity index (χ0) is 20.8. The third kappa shape index (κ3) is 3.53. The zero-order valence-electron chi connectivity index (χ0n) is 16.0. The fourth-order valence-corrected chi connectivity index (χ4v) is 4.86. The monoisotopic (exact) mass is 408 g/mol. The van der Waals surface area contributed by atoms with Gasteiger partial charge in [-0.15, -0.1) is 0 Å². The van der Waals surface area contributed by atoms with Crippen molar-refractivity contribution in [2.24, 2.45) is 11.3 Å². The summed E-state index contributed by atoms with van der Waals surface area (Å²) in [7, 11) is 0. The van der Waals surface area contributed by atoms with Gasteiger partial charge in [0.05, 0.1) is 16.5 Å². The number of amides is 1. The van der Waals surface area contributed by atoms with E-state index in [-0.39, 0.29) is 11.5 Å². The van der Waals surface area contributed by atoms with Crippen LogP contribution in [0.1, 0.15) is 20.3 Å². The van der Waals surface area contributed by atoms with Crippen LogP contribution >= 0.6 is 11.8 Å². The molecule has 3 N–H and O–H groups in total. The summed E-state index contributed by atoms with van der Waals surface area (Å²) in [5.74, 6) is -3.06. The molecule has 0 saturated carbocycles. The summed E-state index contributed by atoms with van der Waals surface area (Å²) in [6, 6.07) is 13.6. The second kappa shape index (κ2) is 7.08. The molecule has 0 bridgehead atoms. The highest BCUT2D eigenvalue weighted by molar-refractivity contribution is 8.04. The average molecular weight is 408 g/mol. The number of para-hydroxylation sites is 1. The Kier molecular flexibility index (Phi) is 4.70. The molecule has 0 unspecified atom stereocenters. The number of carbonyl (C=O) groups excluding carboxylic acids is 3. The lowest BCUT2D eigenvalue weighted by atomic mass is 9.67. The van der Waals surface area contributed by atoms with Crippen LogP contribution in [0.3, 0.4) is 0 Å². The molecule has 1 aliphatic carbocycles. The lowest BCUT2D eigenvalue weighted by molar-refractivity contribution is -0.144. The van der Waals surface area contributed by atoms with E-state index in [0.717, 1.165) is 16.3 Å². The van der Waals surface area contributed by atoms with Crippen LogP contribution in [-0.4, -0.2) is 22.6 Å². The minimum Gasteiger partial charge on any atom is -0.508 e. The molecule has 1 aliphatic heterocycles. The number of Topliss-reactive ketones (excluding diaryl/α,β-unsaturated/α-hetero) is 2. The Morgan fingerprint density at radius 1 is 1.17 bits per heavy atom. The largest absolute Gasteiger partial charge is 0.508 e. The number of phenols is 1. The molecular weight excluding hydrogens is 388 g/mol. The van der Waals surface area contributed by atoms with Crippen LogP contribution < -0.4 is 10.6 Å². The van der Waals surface area contributed by atoms with Gasteiger partial charge in [0.25, 0.3) is 5.91 Å². The summed E-state index contributed by atoms with van der Waals surface area (Å²) in [5, 5.41) is 15.3. The van der Waals surface area contributed by atoms with E-state index in [1.54, 1.807) is 12.1 Å². The van der Waals surface area contributed by atoms with Gasteiger partial charge >= 0.3 is 0 Å².